The third-order valence-corrected chi connectivity index (χ3v) is 6.90. The fourth-order valence-corrected chi connectivity index (χ4v) is 4.86. The molecule has 1 aliphatic heterocycles. The van der Waals surface area contributed by atoms with Gasteiger partial charge in [-0.15, -0.1) is 0 Å². The summed E-state index contributed by atoms with van der Waals surface area (Å²) in [5, 5.41) is 9.00. The first-order valence-corrected chi connectivity index (χ1v) is 11.3. The number of hydrogen-bond acceptors (Lipinski definition) is 6. The maximum atomic E-state index is 14.2. The van der Waals surface area contributed by atoms with E-state index in [0.717, 1.165) is 16.4 Å². The Morgan fingerprint density at radius 1 is 1.30 bits per heavy atom. The highest BCUT2D eigenvalue weighted by Gasteiger charge is 2.46. The average molecular weight is 508 g/mol. The van der Waals surface area contributed by atoms with Gasteiger partial charge in [-0.3, -0.25) is 0 Å². The number of sulfonamides is 1. The Hall–Kier alpha value is -2.62. The van der Waals surface area contributed by atoms with Crippen molar-refractivity contribution < 1.29 is 35.5 Å². The van der Waals surface area contributed by atoms with Crippen LogP contribution in [0.4, 0.5) is 17.6 Å². The lowest BCUT2D eigenvalue weighted by Crippen LogP contribution is -2.33. The molecule has 7 nitrogen and oxygen atoms in total. The molecule has 1 saturated heterocycles. The number of ether oxygens (including phenoxy) is 2. The van der Waals surface area contributed by atoms with Crippen LogP contribution in [0.25, 0.3) is 0 Å². The first kappa shape index (κ1) is 25.0. The SMILES string of the molecule is CC1(C)CN(S(=O)(=O)c2ccc(Cl)cn2)C[C@@H]1Oc1cc(F)c(C#N)cc1OCC(F)(F)F. The molecule has 0 aliphatic carbocycles. The normalized spacial score (nSPS) is 18.7. The summed E-state index contributed by atoms with van der Waals surface area (Å²) >= 11 is 5.76. The number of rotatable bonds is 6. The van der Waals surface area contributed by atoms with Gasteiger partial charge in [-0.05, 0) is 12.1 Å². The molecule has 1 aromatic heterocycles. The number of nitriles is 1. The van der Waals surface area contributed by atoms with Crippen LogP contribution in [0.3, 0.4) is 0 Å². The van der Waals surface area contributed by atoms with Crippen molar-refractivity contribution in [3.05, 3.63) is 46.9 Å². The molecule has 2 aromatic rings. The maximum Gasteiger partial charge on any atom is 0.422 e. The molecule has 178 valence electrons. The molecule has 0 N–H and O–H groups in total. The molecule has 0 unspecified atom stereocenters. The second kappa shape index (κ2) is 8.96. The zero-order chi connectivity index (χ0) is 24.6. The van der Waals surface area contributed by atoms with Crippen molar-refractivity contribution >= 4 is 21.6 Å². The molecule has 0 amide bonds. The van der Waals surface area contributed by atoms with E-state index in [1.165, 1.54) is 24.4 Å². The highest BCUT2D eigenvalue weighted by molar-refractivity contribution is 7.89. The fraction of sp³-hybridized carbons (Fsp3) is 0.400. The number of nitrogens with zero attached hydrogens (tertiary/aromatic N) is 3. The van der Waals surface area contributed by atoms with E-state index in [1.807, 2.05) is 0 Å². The van der Waals surface area contributed by atoms with E-state index in [9.17, 15) is 26.0 Å². The molecule has 0 spiro atoms. The smallest absolute Gasteiger partial charge is 0.422 e. The molecule has 3 rings (SSSR count). The summed E-state index contributed by atoms with van der Waals surface area (Å²) in [6.07, 6.45) is -4.37. The van der Waals surface area contributed by atoms with Gasteiger partial charge in [-0.25, -0.2) is 17.8 Å². The molecule has 13 heteroatoms. The minimum atomic E-state index is -4.68. The average Bonchev–Trinajstić information content (AvgIpc) is 3.02. The Bertz CT molecular complexity index is 1180. The van der Waals surface area contributed by atoms with E-state index in [-0.39, 0.29) is 28.9 Å². The molecule has 33 heavy (non-hydrogen) atoms. The van der Waals surface area contributed by atoms with Crippen LogP contribution in [0, 0.1) is 22.6 Å². The third kappa shape index (κ3) is 5.66. The maximum absolute atomic E-state index is 14.2. The predicted molar refractivity (Wildman–Crippen MR) is 109 cm³/mol. The van der Waals surface area contributed by atoms with E-state index in [4.69, 9.17) is 26.3 Å². The van der Waals surface area contributed by atoms with Gasteiger partial charge in [0.15, 0.2) is 23.1 Å². The summed E-state index contributed by atoms with van der Waals surface area (Å²) in [6.45, 7) is 1.52. The lowest BCUT2D eigenvalue weighted by Gasteiger charge is -2.27. The summed E-state index contributed by atoms with van der Waals surface area (Å²) in [7, 11) is -4.02. The Kier molecular flexibility index (Phi) is 6.79. The van der Waals surface area contributed by atoms with Gasteiger partial charge in [0.05, 0.1) is 17.1 Å². The molecule has 0 bridgehead atoms. The van der Waals surface area contributed by atoms with Crippen LogP contribution in [0.5, 0.6) is 11.5 Å². The quantitative estimate of drug-likeness (QED) is 0.545. The molecule has 0 radical (unpaired) electrons. The van der Waals surface area contributed by atoms with Crippen molar-refractivity contribution in [2.45, 2.75) is 31.2 Å². The monoisotopic (exact) mass is 507 g/mol. The van der Waals surface area contributed by atoms with Crippen LogP contribution in [0.2, 0.25) is 5.02 Å². The molecular formula is C20H18ClF4N3O4S. The van der Waals surface area contributed by atoms with E-state index in [0.29, 0.717) is 0 Å². The number of alkyl halides is 3. The van der Waals surface area contributed by atoms with E-state index in [2.05, 4.69) is 4.98 Å². The van der Waals surface area contributed by atoms with Gasteiger partial charge in [0.25, 0.3) is 10.0 Å². The van der Waals surface area contributed by atoms with Crippen LogP contribution in [0.15, 0.2) is 35.5 Å². The van der Waals surface area contributed by atoms with Gasteiger partial charge in [0, 0.05) is 30.3 Å². The van der Waals surface area contributed by atoms with E-state index < -0.39 is 51.5 Å². The zero-order valence-corrected chi connectivity index (χ0v) is 18.9. The van der Waals surface area contributed by atoms with Crippen LogP contribution in [0.1, 0.15) is 19.4 Å². The Labute approximate surface area is 192 Å². The highest BCUT2D eigenvalue weighted by Crippen LogP contribution is 2.39. The number of halogens is 5. The standard InChI is InChI=1S/C20H18ClF4N3O4S/c1-19(2)10-28(33(29,30)18-4-3-13(21)8-27-18)9-17(19)32-16-6-14(22)12(7-26)5-15(16)31-11-20(23,24)25/h3-6,8,17H,9-11H2,1-2H3/t17-/m0/s1. The molecule has 2 heterocycles. The summed E-state index contributed by atoms with van der Waals surface area (Å²) < 4.78 is 89.6. The van der Waals surface area contributed by atoms with Crippen LogP contribution in [-0.2, 0) is 10.0 Å². The lowest BCUT2D eigenvalue weighted by molar-refractivity contribution is -0.153. The van der Waals surface area contributed by atoms with Crippen LogP contribution in [-0.4, -0.2) is 49.7 Å². The van der Waals surface area contributed by atoms with Crippen molar-refractivity contribution in [3.63, 3.8) is 0 Å². The summed E-state index contributed by atoms with van der Waals surface area (Å²) in [6, 6.07) is 5.70. The van der Waals surface area contributed by atoms with Gasteiger partial charge in [0.2, 0.25) is 0 Å². The zero-order valence-electron chi connectivity index (χ0n) is 17.4. The second-order valence-electron chi connectivity index (χ2n) is 8.00. The van der Waals surface area contributed by atoms with Crippen molar-refractivity contribution in [3.8, 4) is 17.6 Å². The minimum absolute atomic E-state index is 0.00179. The topological polar surface area (TPSA) is 92.5 Å². The van der Waals surface area contributed by atoms with Crippen LogP contribution >= 0.6 is 11.6 Å². The highest BCUT2D eigenvalue weighted by atomic mass is 35.5. The van der Waals surface area contributed by atoms with Gasteiger partial charge < -0.3 is 9.47 Å². The number of hydrogen-bond donors (Lipinski definition) is 0. The van der Waals surface area contributed by atoms with E-state index >= 15 is 0 Å². The molecule has 0 saturated carbocycles. The van der Waals surface area contributed by atoms with Crippen LogP contribution < -0.4 is 9.47 Å². The minimum Gasteiger partial charge on any atom is -0.484 e. The summed E-state index contributed by atoms with van der Waals surface area (Å²) in [4.78, 5) is 3.83. The third-order valence-electron chi connectivity index (χ3n) is 4.94. The fourth-order valence-electron chi connectivity index (χ4n) is 3.22. The number of aromatic nitrogens is 1. The lowest BCUT2D eigenvalue weighted by atomic mass is 9.90. The Balaban J connectivity index is 1.89. The first-order chi connectivity index (χ1) is 15.2. The summed E-state index contributed by atoms with van der Waals surface area (Å²) in [5.41, 5.74) is -1.34. The second-order valence-corrected chi connectivity index (χ2v) is 10.3. The van der Waals surface area contributed by atoms with Gasteiger partial charge in [-0.1, -0.05) is 25.4 Å². The van der Waals surface area contributed by atoms with Crippen molar-refractivity contribution in [1.29, 1.82) is 5.26 Å². The van der Waals surface area contributed by atoms with Crippen molar-refractivity contribution in [1.82, 2.24) is 9.29 Å². The molecule has 1 fully saturated rings. The van der Waals surface area contributed by atoms with Gasteiger partial charge in [0.1, 0.15) is 18.0 Å². The molecule has 1 atom stereocenters. The number of benzene rings is 1. The molecule has 1 aliphatic rings. The molecule has 1 aromatic carbocycles. The van der Waals surface area contributed by atoms with Crippen molar-refractivity contribution in [2.24, 2.45) is 5.41 Å². The molecular weight excluding hydrogens is 490 g/mol. The Morgan fingerprint density at radius 3 is 2.58 bits per heavy atom. The van der Waals surface area contributed by atoms with Gasteiger partial charge >= 0.3 is 6.18 Å². The number of pyridine rings is 1. The van der Waals surface area contributed by atoms with Crippen molar-refractivity contribution in [2.75, 3.05) is 19.7 Å². The first-order valence-electron chi connectivity index (χ1n) is 9.44. The van der Waals surface area contributed by atoms with E-state index in [1.54, 1.807) is 13.8 Å². The van der Waals surface area contributed by atoms with Gasteiger partial charge in [-0.2, -0.15) is 22.7 Å². The predicted octanol–water partition coefficient (Wildman–Crippen LogP) is 4.16. The summed E-state index contributed by atoms with van der Waals surface area (Å²) in [5.74, 6) is -1.88. The largest absolute Gasteiger partial charge is 0.484 e. The Morgan fingerprint density at radius 2 is 2.00 bits per heavy atom.